The Balaban J connectivity index is 2.30. The van der Waals surface area contributed by atoms with Crippen molar-refractivity contribution < 1.29 is 9.53 Å². The third kappa shape index (κ3) is 3.08. The van der Waals surface area contributed by atoms with Crippen molar-refractivity contribution in [2.24, 2.45) is 0 Å². The van der Waals surface area contributed by atoms with Crippen molar-refractivity contribution in [2.75, 3.05) is 7.11 Å². The summed E-state index contributed by atoms with van der Waals surface area (Å²) < 4.78 is 5.20. The van der Waals surface area contributed by atoms with Crippen LogP contribution in [0.4, 0.5) is 0 Å². The molecule has 13 heavy (non-hydrogen) atoms. The molecule has 0 aromatic rings. The maximum absolute atomic E-state index is 11.1. The summed E-state index contributed by atoms with van der Waals surface area (Å²) in [5, 5.41) is 2.85. The molecule has 1 fully saturated rings. The second-order valence-electron chi connectivity index (χ2n) is 3.22. The molecule has 1 N–H and O–H groups in total. The monoisotopic (exact) mass is 181 g/mol. The number of hydrogen-bond donors (Lipinski definition) is 1. The Hall–Kier alpha value is -1.01. The van der Waals surface area contributed by atoms with E-state index < -0.39 is 0 Å². The summed E-state index contributed by atoms with van der Waals surface area (Å²) in [6, 6.07) is 0.248. The van der Waals surface area contributed by atoms with Crippen molar-refractivity contribution in [2.45, 2.75) is 38.3 Å². The highest BCUT2D eigenvalue weighted by molar-refractivity contribution is 5.93. The number of nitrogens with one attached hydrogen (secondary N) is 1. The average Bonchev–Trinajstić information content (AvgIpc) is 2.52. The summed E-state index contributed by atoms with van der Waals surface area (Å²) >= 11 is 0. The summed E-state index contributed by atoms with van der Waals surface area (Å²) in [6.45, 7) is 1.66. The first-order valence-corrected chi connectivity index (χ1v) is 4.52. The second kappa shape index (κ2) is 4.88. The fourth-order valence-electron chi connectivity index (χ4n) is 1.62. The molecule has 0 heterocycles. The zero-order valence-corrected chi connectivity index (χ0v) is 8.09. The van der Waals surface area contributed by atoms with Crippen LogP contribution in [0.15, 0.2) is 0 Å². The molecule has 3 heteroatoms. The van der Waals surface area contributed by atoms with Crippen LogP contribution in [0.25, 0.3) is 0 Å². The van der Waals surface area contributed by atoms with Gasteiger partial charge in [-0.2, -0.15) is 0 Å². The number of amides is 1. The van der Waals surface area contributed by atoms with Crippen LogP contribution in [0.2, 0.25) is 0 Å². The van der Waals surface area contributed by atoms with E-state index in [1.54, 1.807) is 14.0 Å². The van der Waals surface area contributed by atoms with Crippen LogP contribution in [0.1, 0.15) is 26.2 Å². The van der Waals surface area contributed by atoms with E-state index in [0.717, 1.165) is 19.3 Å². The molecular weight excluding hydrogens is 166 g/mol. The van der Waals surface area contributed by atoms with Crippen LogP contribution < -0.4 is 5.32 Å². The van der Waals surface area contributed by atoms with Gasteiger partial charge in [0.15, 0.2) is 0 Å². The van der Waals surface area contributed by atoms with Crippen molar-refractivity contribution in [3.8, 4) is 11.8 Å². The molecule has 0 saturated heterocycles. The average molecular weight is 181 g/mol. The first-order chi connectivity index (χ1) is 6.26. The number of methoxy groups -OCH3 is 1. The topological polar surface area (TPSA) is 38.3 Å². The number of rotatable bonds is 2. The third-order valence-corrected chi connectivity index (χ3v) is 2.29. The highest BCUT2D eigenvalue weighted by Crippen LogP contribution is 2.20. The molecule has 0 aromatic carbocycles. The SMILES string of the molecule is CC#CC(=O)NC1CCC(OC)C1. The summed E-state index contributed by atoms with van der Waals surface area (Å²) in [4.78, 5) is 11.1. The Kier molecular flexibility index (Phi) is 3.78. The lowest BCUT2D eigenvalue weighted by molar-refractivity contribution is -0.116. The predicted octanol–water partition coefficient (Wildman–Crippen LogP) is 0.693. The third-order valence-electron chi connectivity index (χ3n) is 2.29. The lowest BCUT2D eigenvalue weighted by Gasteiger charge is -2.09. The van der Waals surface area contributed by atoms with Gasteiger partial charge in [0.05, 0.1) is 6.10 Å². The van der Waals surface area contributed by atoms with E-state index in [-0.39, 0.29) is 11.9 Å². The van der Waals surface area contributed by atoms with Crippen LogP contribution in [-0.2, 0) is 9.53 Å². The molecule has 0 spiro atoms. The highest BCUT2D eigenvalue weighted by atomic mass is 16.5. The van der Waals surface area contributed by atoms with Crippen LogP contribution in [0, 0.1) is 11.8 Å². The maximum Gasteiger partial charge on any atom is 0.296 e. The molecule has 1 aliphatic carbocycles. The predicted molar refractivity (Wildman–Crippen MR) is 50.0 cm³/mol. The van der Waals surface area contributed by atoms with Gasteiger partial charge in [0.2, 0.25) is 0 Å². The molecule has 72 valence electrons. The van der Waals surface area contributed by atoms with Crippen molar-refractivity contribution in [3.63, 3.8) is 0 Å². The number of hydrogen-bond acceptors (Lipinski definition) is 2. The van der Waals surface area contributed by atoms with Crippen molar-refractivity contribution >= 4 is 5.91 Å². The fourth-order valence-corrected chi connectivity index (χ4v) is 1.62. The van der Waals surface area contributed by atoms with Crippen LogP contribution >= 0.6 is 0 Å². The van der Waals surface area contributed by atoms with Crippen LogP contribution in [-0.4, -0.2) is 25.2 Å². The molecule has 0 radical (unpaired) electrons. The van der Waals surface area contributed by atoms with E-state index in [1.807, 2.05) is 0 Å². The molecular formula is C10H15NO2. The minimum atomic E-state index is -0.177. The van der Waals surface area contributed by atoms with Crippen molar-refractivity contribution in [1.82, 2.24) is 5.32 Å². The van der Waals surface area contributed by atoms with Crippen molar-refractivity contribution in [1.29, 1.82) is 0 Å². The van der Waals surface area contributed by atoms with Gasteiger partial charge in [-0.25, -0.2) is 0 Å². The van der Waals surface area contributed by atoms with E-state index in [1.165, 1.54) is 0 Å². The highest BCUT2D eigenvalue weighted by Gasteiger charge is 2.24. The second-order valence-corrected chi connectivity index (χ2v) is 3.22. The molecule has 3 nitrogen and oxygen atoms in total. The van der Waals surface area contributed by atoms with Gasteiger partial charge in [0.1, 0.15) is 0 Å². The lowest BCUT2D eigenvalue weighted by atomic mass is 10.2. The van der Waals surface area contributed by atoms with E-state index in [0.29, 0.717) is 6.10 Å². The van der Waals surface area contributed by atoms with Gasteiger partial charge in [-0.05, 0) is 32.1 Å². The molecule has 0 aromatic heterocycles. The Labute approximate surface area is 78.8 Å². The quantitative estimate of drug-likeness (QED) is 0.637. The van der Waals surface area contributed by atoms with Gasteiger partial charge >= 0.3 is 0 Å². The zero-order valence-electron chi connectivity index (χ0n) is 8.09. The number of carbonyl (C=O) groups excluding carboxylic acids is 1. The molecule has 0 aliphatic heterocycles. The molecule has 2 atom stereocenters. The Morgan fingerprint density at radius 1 is 1.54 bits per heavy atom. The van der Waals surface area contributed by atoms with Crippen LogP contribution in [0.3, 0.4) is 0 Å². The zero-order chi connectivity index (χ0) is 9.68. The number of ether oxygens (including phenoxy) is 1. The fraction of sp³-hybridized carbons (Fsp3) is 0.700. The normalized spacial score (nSPS) is 26.3. The smallest absolute Gasteiger partial charge is 0.296 e. The molecule has 1 rings (SSSR count). The van der Waals surface area contributed by atoms with Gasteiger partial charge in [-0.1, -0.05) is 5.92 Å². The first kappa shape index (κ1) is 10.1. The largest absolute Gasteiger partial charge is 0.381 e. The maximum atomic E-state index is 11.1. The Bertz CT molecular complexity index is 239. The molecule has 1 aliphatic rings. The lowest BCUT2D eigenvalue weighted by Crippen LogP contribution is -2.32. The summed E-state index contributed by atoms with van der Waals surface area (Å²) in [5.74, 6) is 4.86. The number of carbonyl (C=O) groups is 1. The standard InChI is InChI=1S/C10H15NO2/c1-3-4-10(12)11-8-5-6-9(7-8)13-2/h8-9H,5-7H2,1-2H3,(H,11,12). The van der Waals surface area contributed by atoms with E-state index in [4.69, 9.17) is 4.74 Å². The first-order valence-electron chi connectivity index (χ1n) is 4.52. The molecule has 1 amide bonds. The van der Waals surface area contributed by atoms with E-state index in [2.05, 4.69) is 17.2 Å². The van der Waals surface area contributed by atoms with Gasteiger partial charge in [-0.15, -0.1) is 0 Å². The Morgan fingerprint density at radius 3 is 2.85 bits per heavy atom. The Morgan fingerprint density at radius 2 is 2.31 bits per heavy atom. The van der Waals surface area contributed by atoms with E-state index >= 15 is 0 Å². The van der Waals surface area contributed by atoms with Crippen molar-refractivity contribution in [3.05, 3.63) is 0 Å². The summed E-state index contributed by atoms with van der Waals surface area (Å²) in [7, 11) is 1.71. The molecule has 0 bridgehead atoms. The minimum Gasteiger partial charge on any atom is -0.381 e. The van der Waals surface area contributed by atoms with Gasteiger partial charge in [-0.3, -0.25) is 4.79 Å². The van der Waals surface area contributed by atoms with Gasteiger partial charge in [0, 0.05) is 13.2 Å². The summed E-state index contributed by atoms with van der Waals surface area (Å²) in [6.07, 6.45) is 3.24. The summed E-state index contributed by atoms with van der Waals surface area (Å²) in [5.41, 5.74) is 0. The molecule has 1 saturated carbocycles. The molecule has 2 unspecified atom stereocenters. The van der Waals surface area contributed by atoms with Crippen LogP contribution in [0.5, 0.6) is 0 Å². The minimum absolute atomic E-state index is 0.177. The van der Waals surface area contributed by atoms with Gasteiger partial charge < -0.3 is 10.1 Å². The van der Waals surface area contributed by atoms with Gasteiger partial charge in [0.25, 0.3) is 5.91 Å². The van der Waals surface area contributed by atoms with E-state index in [9.17, 15) is 4.79 Å².